The fourth-order valence-corrected chi connectivity index (χ4v) is 2.67. The Hall–Kier alpha value is -0.730. The van der Waals surface area contributed by atoms with Gasteiger partial charge in [0.15, 0.2) is 5.82 Å². The van der Waals surface area contributed by atoms with Gasteiger partial charge in [-0.15, -0.1) is 0 Å². The number of anilines is 1. The van der Waals surface area contributed by atoms with Crippen molar-refractivity contribution in [2.45, 2.75) is 0 Å². The number of benzene rings is 2. The molecular weight excluding hydrogens is 466 g/mol. The number of amides is 1. The first kappa shape index (κ1) is 15.7. The summed E-state index contributed by atoms with van der Waals surface area (Å²) >= 11 is 11.0. The van der Waals surface area contributed by atoms with E-state index in [1.54, 1.807) is 12.1 Å². The third kappa shape index (κ3) is 3.48. The molecule has 0 saturated heterocycles. The number of carbonyl (C=O) groups excluding carboxylic acids is 1. The van der Waals surface area contributed by atoms with Crippen molar-refractivity contribution in [2.75, 3.05) is 5.32 Å². The van der Waals surface area contributed by atoms with Crippen LogP contribution in [0.5, 0.6) is 0 Å². The molecule has 0 fully saturated rings. The molecule has 0 aliphatic rings. The molecule has 0 bridgehead atoms. The zero-order chi connectivity index (χ0) is 14.9. The Labute approximate surface area is 140 Å². The Kier molecular flexibility index (Phi) is 4.98. The molecule has 0 aliphatic heterocycles. The number of hydrogen-bond donors (Lipinski definition) is 1. The third-order valence-corrected chi connectivity index (χ3v) is 4.08. The maximum Gasteiger partial charge on any atom is 0.256 e. The van der Waals surface area contributed by atoms with E-state index in [0.717, 1.165) is 9.64 Å². The molecule has 2 aromatic rings. The first-order valence-corrected chi connectivity index (χ1v) is 7.54. The van der Waals surface area contributed by atoms with Crippen LogP contribution >= 0.6 is 50.1 Å². The van der Waals surface area contributed by atoms with Crippen molar-refractivity contribution in [1.82, 2.24) is 0 Å². The van der Waals surface area contributed by atoms with Gasteiger partial charge in [0.25, 0.3) is 5.91 Å². The summed E-state index contributed by atoms with van der Waals surface area (Å²) in [5.74, 6) is -2.27. The van der Waals surface area contributed by atoms with Crippen molar-refractivity contribution in [1.29, 1.82) is 0 Å². The quantitative estimate of drug-likeness (QED) is 0.596. The van der Waals surface area contributed by atoms with E-state index >= 15 is 0 Å². The Bertz CT molecular complexity index is 673. The van der Waals surface area contributed by atoms with E-state index in [2.05, 4.69) is 43.8 Å². The van der Waals surface area contributed by atoms with Crippen molar-refractivity contribution in [3.05, 3.63) is 60.6 Å². The summed E-state index contributed by atoms with van der Waals surface area (Å²) in [5, 5.41) is 2.15. The Balaban J connectivity index is 2.35. The molecule has 0 heterocycles. The predicted molar refractivity (Wildman–Crippen MR) is 86.2 cm³/mol. The highest BCUT2D eigenvalue weighted by molar-refractivity contribution is 14.1. The lowest BCUT2D eigenvalue weighted by Crippen LogP contribution is -2.14. The summed E-state index contributed by atoms with van der Waals surface area (Å²) in [6, 6.07) is 6.75. The summed E-state index contributed by atoms with van der Waals surface area (Å²) in [6.07, 6.45) is 0. The molecular formula is C13H6BrClF2INO. The predicted octanol–water partition coefficient (Wildman–Crippen LogP) is 5.24. The van der Waals surface area contributed by atoms with Crippen LogP contribution in [0.15, 0.2) is 34.8 Å². The van der Waals surface area contributed by atoms with Crippen LogP contribution in [0.25, 0.3) is 0 Å². The summed E-state index contributed by atoms with van der Waals surface area (Å²) in [5.41, 5.74) is 0.0838. The number of nitrogens with one attached hydrogen (secondary N) is 1. The molecule has 104 valence electrons. The minimum Gasteiger partial charge on any atom is -0.318 e. The first-order valence-electron chi connectivity index (χ1n) is 5.29. The van der Waals surface area contributed by atoms with Crippen molar-refractivity contribution in [3.8, 4) is 0 Å². The topological polar surface area (TPSA) is 29.1 Å². The molecule has 1 N–H and O–H groups in total. The fraction of sp³-hybridized carbons (Fsp3) is 0. The van der Waals surface area contributed by atoms with Crippen molar-refractivity contribution >= 4 is 61.7 Å². The summed E-state index contributed by atoms with van der Waals surface area (Å²) in [6.45, 7) is 0. The molecule has 0 unspecified atom stereocenters. The minimum atomic E-state index is -0.926. The van der Waals surface area contributed by atoms with E-state index in [-0.39, 0.29) is 10.7 Å². The second kappa shape index (κ2) is 6.36. The monoisotopic (exact) mass is 471 g/mol. The van der Waals surface area contributed by atoms with Gasteiger partial charge in [-0.1, -0.05) is 11.6 Å². The van der Waals surface area contributed by atoms with E-state index in [4.69, 9.17) is 11.6 Å². The Morgan fingerprint density at radius 3 is 2.60 bits per heavy atom. The highest BCUT2D eigenvalue weighted by Crippen LogP contribution is 2.28. The van der Waals surface area contributed by atoms with Crippen molar-refractivity contribution < 1.29 is 13.6 Å². The first-order chi connectivity index (χ1) is 9.38. The summed E-state index contributed by atoms with van der Waals surface area (Å²) in [4.78, 5) is 12.1. The molecule has 2 nitrogen and oxygen atoms in total. The standard InChI is InChI=1S/C13H6BrClF2INO/c14-9-2-1-7(18)5-8(9)13(20)19-12-10(15)3-6(16)4-11(12)17/h1-5H,(H,19,20). The SMILES string of the molecule is O=C(Nc1c(F)cc(F)cc1Cl)c1cc(I)ccc1Br. The van der Waals surface area contributed by atoms with E-state index < -0.39 is 17.5 Å². The largest absolute Gasteiger partial charge is 0.318 e. The minimum absolute atomic E-state index is 0.197. The van der Waals surface area contributed by atoms with Gasteiger partial charge in [-0.2, -0.15) is 0 Å². The van der Waals surface area contributed by atoms with Crippen molar-refractivity contribution in [2.24, 2.45) is 0 Å². The van der Waals surface area contributed by atoms with Crippen LogP contribution in [0.4, 0.5) is 14.5 Å². The Morgan fingerprint density at radius 1 is 1.25 bits per heavy atom. The van der Waals surface area contributed by atoms with Crippen LogP contribution in [0.2, 0.25) is 5.02 Å². The smallest absolute Gasteiger partial charge is 0.256 e. The highest BCUT2D eigenvalue weighted by Gasteiger charge is 2.16. The van der Waals surface area contributed by atoms with Crippen LogP contribution in [-0.2, 0) is 0 Å². The van der Waals surface area contributed by atoms with Gasteiger partial charge < -0.3 is 5.32 Å². The molecule has 2 rings (SSSR count). The number of rotatable bonds is 2. The maximum atomic E-state index is 13.6. The van der Waals surface area contributed by atoms with Crippen molar-refractivity contribution in [3.63, 3.8) is 0 Å². The fourth-order valence-electron chi connectivity index (χ4n) is 1.51. The third-order valence-electron chi connectivity index (χ3n) is 2.42. The summed E-state index contributed by atoms with van der Waals surface area (Å²) < 4.78 is 28.0. The van der Waals surface area contributed by atoms with Crippen LogP contribution in [0.1, 0.15) is 10.4 Å². The molecule has 0 aromatic heterocycles. The molecule has 2 aromatic carbocycles. The molecule has 0 spiro atoms. The number of hydrogen-bond acceptors (Lipinski definition) is 1. The van der Waals surface area contributed by atoms with E-state index in [1.807, 2.05) is 6.07 Å². The van der Waals surface area contributed by atoms with Gasteiger partial charge in [-0.05, 0) is 62.8 Å². The normalized spacial score (nSPS) is 10.4. The average Bonchev–Trinajstić information content (AvgIpc) is 2.36. The van der Waals surface area contributed by atoms with Crippen LogP contribution in [-0.4, -0.2) is 5.91 Å². The van der Waals surface area contributed by atoms with Gasteiger partial charge in [0.05, 0.1) is 16.3 Å². The second-order valence-corrected chi connectivity index (χ2v) is 6.33. The van der Waals surface area contributed by atoms with E-state index in [9.17, 15) is 13.6 Å². The van der Waals surface area contributed by atoms with Crippen LogP contribution < -0.4 is 5.32 Å². The van der Waals surface area contributed by atoms with Gasteiger partial charge >= 0.3 is 0 Å². The van der Waals surface area contributed by atoms with Gasteiger partial charge in [-0.3, -0.25) is 4.79 Å². The molecule has 0 radical (unpaired) electrons. The second-order valence-electron chi connectivity index (χ2n) is 3.82. The van der Waals surface area contributed by atoms with E-state index in [0.29, 0.717) is 16.1 Å². The van der Waals surface area contributed by atoms with Gasteiger partial charge in [0.2, 0.25) is 0 Å². The molecule has 0 aliphatic carbocycles. The zero-order valence-corrected chi connectivity index (χ0v) is 14.2. The number of carbonyl (C=O) groups is 1. The molecule has 20 heavy (non-hydrogen) atoms. The van der Waals surface area contributed by atoms with Crippen LogP contribution in [0, 0.1) is 15.2 Å². The van der Waals surface area contributed by atoms with Gasteiger partial charge in [0.1, 0.15) is 5.82 Å². The Morgan fingerprint density at radius 2 is 1.95 bits per heavy atom. The molecule has 1 amide bonds. The highest BCUT2D eigenvalue weighted by atomic mass is 127. The lowest BCUT2D eigenvalue weighted by Gasteiger charge is -2.10. The molecule has 0 saturated carbocycles. The zero-order valence-electron chi connectivity index (χ0n) is 9.68. The number of halogens is 5. The van der Waals surface area contributed by atoms with E-state index in [1.165, 1.54) is 0 Å². The lowest BCUT2D eigenvalue weighted by atomic mass is 10.2. The van der Waals surface area contributed by atoms with Crippen LogP contribution in [0.3, 0.4) is 0 Å². The van der Waals surface area contributed by atoms with Gasteiger partial charge in [-0.25, -0.2) is 8.78 Å². The summed E-state index contributed by atoms with van der Waals surface area (Å²) in [7, 11) is 0. The molecule has 7 heteroatoms. The molecule has 0 atom stereocenters. The lowest BCUT2D eigenvalue weighted by molar-refractivity contribution is 0.102. The maximum absolute atomic E-state index is 13.6. The average molecular weight is 472 g/mol. The van der Waals surface area contributed by atoms with Gasteiger partial charge in [0, 0.05) is 14.1 Å².